The van der Waals surface area contributed by atoms with Crippen LogP contribution in [0.2, 0.25) is 101 Å². The standard InChI is InChI=1S/C23H50O5Si5.C13H24O2Si/c1-29(2)16-18-32(6)24-13-8-9-14-31(5,15-12-21-10-11-22-23(20-21)25-22)27-33(7,28-32)19-17-30(3,4)26-29;1-16(8-3-2-7-14-16)9-6-11-4-5-12-13(10-11)15-12/h21-23H,8-20H2,1-7H3;11-13H,2-10H2,1H3. The zero-order chi connectivity index (χ0) is 35.0. The molecule has 0 amide bonds. The average Bonchev–Trinajstić information content (AvgIpc) is 3.96. The summed E-state index contributed by atoms with van der Waals surface area (Å²) in [7, 11) is -11.2. The topological polar surface area (TPSA) is 71.2 Å². The van der Waals surface area contributed by atoms with E-state index >= 15 is 0 Å². The van der Waals surface area contributed by atoms with Crippen LogP contribution in [-0.2, 0) is 30.7 Å². The summed E-state index contributed by atoms with van der Waals surface area (Å²) in [5.74, 6) is 1.78. The van der Waals surface area contributed by atoms with E-state index in [0.717, 1.165) is 55.6 Å². The Hall–Kier alpha value is 1.02. The van der Waals surface area contributed by atoms with Gasteiger partial charge in [0.05, 0.1) is 24.4 Å². The lowest BCUT2D eigenvalue weighted by molar-refractivity contribution is 0.212. The Morgan fingerprint density at radius 2 is 0.959 bits per heavy atom. The van der Waals surface area contributed by atoms with E-state index in [4.69, 9.17) is 30.7 Å². The van der Waals surface area contributed by atoms with Crippen molar-refractivity contribution in [2.45, 2.75) is 202 Å². The summed E-state index contributed by atoms with van der Waals surface area (Å²) in [5, 5.41) is 0. The summed E-state index contributed by atoms with van der Waals surface area (Å²) in [6, 6.07) is 9.79. The maximum Gasteiger partial charge on any atom is 0.325 e. The maximum absolute atomic E-state index is 7.40. The van der Waals surface area contributed by atoms with Crippen LogP contribution < -0.4 is 0 Å². The van der Waals surface area contributed by atoms with Crippen LogP contribution in [0.15, 0.2) is 0 Å². The van der Waals surface area contributed by atoms with Crippen molar-refractivity contribution < 1.29 is 30.7 Å². The van der Waals surface area contributed by atoms with E-state index in [0.29, 0.717) is 24.4 Å². The van der Waals surface area contributed by atoms with Crippen LogP contribution in [0.3, 0.4) is 0 Å². The molecule has 0 N–H and O–H groups in total. The van der Waals surface area contributed by atoms with Gasteiger partial charge in [0.15, 0.2) is 33.3 Å². The van der Waals surface area contributed by atoms with Crippen LogP contribution in [0.1, 0.15) is 77.0 Å². The van der Waals surface area contributed by atoms with Crippen molar-refractivity contribution in [3.8, 4) is 0 Å². The summed E-state index contributed by atoms with van der Waals surface area (Å²) in [6.45, 7) is 21.2. The third-order valence-corrected chi connectivity index (χ3v) is 38.3. The number of fused-ring (bicyclic) bond motifs is 4. The lowest BCUT2D eigenvalue weighted by Crippen LogP contribution is -2.59. The largest absolute Gasteiger partial charge is 0.456 e. The average molecular weight is 787 g/mol. The van der Waals surface area contributed by atoms with Gasteiger partial charge in [0.1, 0.15) is 0 Å². The van der Waals surface area contributed by atoms with Gasteiger partial charge in [-0.3, -0.25) is 0 Å². The molecular formula is C36H74O7Si6. The molecule has 13 heteroatoms. The minimum absolute atomic E-state index is 0.584. The molecule has 2 bridgehead atoms. The van der Waals surface area contributed by atoms with Gasteiger partial charge in [-0.2, -0.15) is 0 Å². The molecule has 0 radical (unpaired) electrons. The Balaban J connectivity index is 0.000000216. The van der Waals surface area contributed by atoms with Crippen molar-refractivity contribution >= 4 is 50.4 Å². The number of ether oxygens (including phenoxy) is 2. The second-order valence-corrected chi connectivity index (χ2v) is 43.9. The van der Waals surface area contributed by atoms with Gasteiger partial charge >= 0.3 is 17.1 Å². The second-order valence-electron chi connectivity index (χ2n) is 19.5. The predicted octanol–water partition coefficient (Wildman–Crippen LogP) is 10.3. The molecule has 0 spiro atoms. The normalized spacial score (nSPS) is 46.5. The van der Waals surface area contributed by atoms with Crippen LogP contribution >= 0.6 is 0 Å². The first-order valence-electron chi connectivity index (χ1n) is 20.7. The predicted molar refractivity (Wildman–Crippen MR) is 215 cm³/mol. The SMILES string of the molecule is C[Si]1(C)CC[Si]2(C)OCCCC[Si](C)(CCC3CCC4OC4C3)O[Si](C)(CC[Si](C)(C)O1)O2.C[Si]1(CCC2CCC3OC3C2)CCCCO1. The lowest BCUT2D eigenvalue weighted by Gasteiger charge is -2.46. The zero-order valence-electron chi connectivity index (χ0n) is 32.9. The highest BCUT2D eigenvalue weighted by atomic mass is 28.5. The van der Waals surface area contributed by atoms with E-state index in [9.17, 15) is 0 Å². The van der Waals surface area contributed by atoms with E-state index in [2.05, 4.69) is 52.4 Å². The van der Waals surface area contributed by atoms with Crippen molar-refractivity contribution in [2.75, 3.05) is 13.2 Å². The van der Waals surface area contributed by atoms with Crippen molar-refractivity contribution in [3.63, 3.8) is 0 Å². The number of hydrogen-bond donors (Lipinski definition) is 0. The Morgan fingerprint density at radius 3 is 1.51 bits per heavy atom. The van der Waals surface area contributed by atoms with Crippen LogP contribution in [0.25, 0.3) is 0 Å². The van der Waals surface area contributed by atoms with Gasteiger partial charge in [0.25, 0.3) is 0 Å². The van der Waals surface area contributed by atoms with Crippen molar-refractivity contribution in [3.05, 3.63) is 0 Å². The highest BCUT2D eigenvalue weighted by Gasteiger charge is 2.51. The molecule has 284 valence electrons. The second kappa shape index (κ2) is 16.0. The fourth-order valence-electron chi connectivity index (χ4n) is 9.98. The van der Waals surface area contributed by atoms with Gasteiger partial charge in [0.2, 0.25) is 0 Å². The first-order valence-corrected chi connectivity index (χ1v) is 37.7. The molecule has 10 unspecified atom stereocenters. The van der Waals surface area contributed by atoms with Gasteiger partial charge in [-0.05, 0) is 164 Å². The summed E-state index contributed by atoms with van der Waals surface area (Å²) in [6.07, 6.45) is 18.4. The Labute approximate surface area is 307 Å². The zero-order valence-corrected chi connectivity index (χ0v) is 38.9. The summed E-state index contributed by atoms with van der Waals surface area (Å²) >= 11 is 0. The molecule has 0 aromatic carbocycles. The first kappa shape index (κ1) is 39.7. The number of hydrogen-bond acceptors (Lipinski definition) is 7. The molecule has 49 heavy (non-hydrogen) atoms. The van der Waals surface area contributed by atoms with Gasteiger partial charge < -0.3 is 30.7 Å². The van der Waals surface area contributed by atoms with Crippen LogP contribution in [-0.4, -0.2) is 88.0 Å². The molecule has 5 saturated heterocycles. The molecule has 5 aliphatic heterocycles. The number of epoxide rings is 2. The number of rotatable bonds is 6. The van der Waals surface area contributed by atoms with Gasteiger partial charge in [-0.1, -0.05) is 25.7 Å². The molecule has 2 saturated carbocycles. The molecule has 7 nitrogen and oxygen atoms in total. The third-order valence-electron chi connectivity index (χ3n) is 13.3. The Bertz CT molecular complexity index is 1100. The fourth-order valence-corrected chi connectivity index (χ4v) is 42.1. The van der Waals surface area contributed by atoms with Crippen molar-refractivity contribution in [1.29, 1.82) is 0 Å². The van der Waals surface area contributed by atoms with E-state index < -0.39 is 50.4 Å². The molecule has 5 heterocycles. The van der Waals surface area contributed by atoms with E-state index in [1.54, 1.807) is 0 Å². The maximum atomic E-state index is 7.40. The van der Waals surface area contributed by atoms with Gasteiger partial charge in [-0.15, -0.1) is 0 Å². The molecule has 0 aromatic heterocycles. The van der Waals surface area contributed by atoms with Crippen LogP contribution in [0, 0.1) is 11.8 Å². The fraction of sp³-hybridized carbons (Fsp3) is 1.00. The first-order chi connectivity index (χ1) is 23.0. The van der Waals surface area contributed by atoms with E-state index in [1.165, 1.54) is 94.8 Å². The smallest absolute Gasteiger partial charge is 0.325 e. The van der Waals surface area contributed by atoms with E-state index in [1.807, 2.05) is 0 Å². The van der Waals surface area contributed by atoms with Gasteiger partial charge in [-0.25, -0.2) is 0 Å². The summed E-state index contributed by atoms with van der Waals surface area (Å²) in [5.41, 5.74) is 0. The quantitative estimate of drug-likeness (QED) is 0.196. The summed E-state index contributed by atoms with van der Waals surface area (Å²) in [4.78, 5) is 0. The molecule has 0 aromatic rings. The Kier molecular flexibility index (Phi) is 13.0. The third kappa shape index (κ3) is 12.0. The van der Waals surface area contributed by atoms with Crippen LogP contribution in [0.5, 0.6) is 0 Å². The monoisotopic (exact) mass is 786 g/mol. The van der Waals surface area contributed by atoms with E-state index in [-0.39, 0.29) is 0 Å². The highest BCUT2D eigenvalue weighted by molar-refractivity contribution is 6.91. The molecule has 7 rings (SSSR count). The molecular weight excluding hydrogens is 713 g/mol. The highest BCUT2D eigenvalue weighted by Crippen LogP contribution is 2.44. The van der Waals surface area contributed by atoms with Gasteiger partial charge in [0, 0.05) is 13.2 Å². The summed E-state index contributed by atoms with van der Waals surface area (Å²) < 4.78 is 45.7. The molecule has 7 fully saturated rings. The van der Waals surface area contributed by atoms with Crippen LogP contribution in [0.4, 0.5) is 0 Å². The van der Waals surface area contributed by atoms with Crippen molar-refractivity contribution in [1.82, 2.24) is 0 Å². The Morgan fingerprint density at radius 1 is 0.449 bits per heavy atom. The molecule has 7 aliphatic rings. The molecule has 2 aliphatic carbocycles. The molecule has 10 atom stereocenters. The lowest BCUT2D eigenvalue weighted by atomic mass is 9.88. The minimum Gasteiger partial charge on any atom is -0.456 e. The minimum atomic E-state index is -2.35. The van der Waals surface area contributed by atoms with Crippen molar-refractivity contribution in [2.24, 2.45) is 11.8 Å².